The quantitative estimate of drug-likeness (QED) is 0.925. The fourth-order valence-corrected chi connectivity index (χ4v) is 1.84. The van der Waals surface area contributed by atoms with Crippen LogP contribution < -0.4 is 5.32 Å². The molecule has 0 saturated heterocycles. The van der Waals surface area contributed by atoms with Gasteiger partial charge in [0.05, 0.1) is 6.54 Å². The van der Waals surface area contributed by atoms with Crippen molar-refractivity contribution in [2.45, 2.75) is 20.0 Å². The number of benzene rings is 1. The number of anilines is 1. The Morgan fingerprint density at radius 2 is 2.22 bits per heavy atom. The molecule has 0 spiro atoms. The van der Waals surface area contributed by atoms with Gasteiger partial charge in [-0.1, -0.05) is 15.9 Å². The Morgan fingerprint density at radius 3 is 2.89 bits per heavy atom. The Kier molecular flexibility index (Phi) is 3.96. The van der Waals surface area contributed by atoms with Crippen molar-refractivity contribution < 1.29 is 8.78 Å². The van der Waals surface area contributed by atoms with Crippen LogP contribution in [0, 0.1) is 6.92 Å². The Bertz CT molecular complexity index is 540. The highest BCUT2D eigenvalue weighted by Gasteiger charge is 2.10. The molecule has 0 atom stereocenters. The summed E-state index contributed by atoms with van der Waals surface area (Å²) in [6, 6.07) is 5.74. The van der Waals surface area contributed by atoms with E-state index in [1.165, 1.54) is 12.4 Å². The smallest absolute Gasteiger partial charge is 0.319 e. The fourth-order valence-electron chi connectivity index (χ4n) is 1.59. The van der Waals surface area contributed by atoms with Gasteiger partial charge in [-0.25, -0.2) is 4.98 Å². The number of aromatic nitrogens is 2. The number of hydrogen-bond donors (Lipinski definition) is 1. The Morgan fingerprint density at radius 1 is 1.44 bits per heavy atom. The van der Waals surface area contributed by atoms with Crippen molar-refractivity contribution in [1.29, 1.82) is 0 Å². The maximum Gasteiger partial charge on any atom is 0.319 e. The van der Waals surface area contributed by atoms with Crippen LogP contribution in [0.25, 0.3) is 0 Å². The normalized spacial score (nSPS) is 10.9. The number of alkyl halides is 2. The molecule has 0 aliphatic rings. The van der Waals surface area contributed by atoms with Crippen LogP contribution in [0.4, 0.5) is 14.5 Å². The molecule has 2 rings (SSSR count). The molecule has 0 unspecified atom stereocenters. The summed E-state index contributed by atoms with van der Waals surface area (Å²) in [7, 11) is 0. The van der Waals surface area contributed by atoms with E-state index in [0.29, 0.717) is 5.82 Å². The monoisotopic (exact) mass is 315 g/mol. The second-order valence-corrected chi connectivity index (χ2v) is 4.70. The minimum atomic E-state index is -2.56. The van der Waals surface area contributed by atoms with Gasteiger partial charge in [-0.05, 0) is 30.7 Å². The van der Waals surface area contributed by atoms with E-state index in [9.17, 15) is 8.78 Å². The van der Waals surface area contributed by atoms with Crippen molar-refractivity contribution in [2.75, 3.05) is 5.32 Å². The second kappa shape index (κ2) is 5.48. The number of nitrogens with zero attached hydrogens (tertiary/aromatic N) is 2. The first-order valence-corrected chi connectivity index (χ1v) is 6.17. The standard InChI is InChI=1S/C12H12BrF2N3/c1-8-6-9(2-3-10(8)13)17-7-11-16-4-5-18(11)12(14)15/h2-6,12,17H,7H2,1H3. The average Bonchev–Trinajstić information content (AvgIpc) is 2.79. The first-order chi connectivity index (χ1) is 8.58. The number of aryl methyl sites for hydroxylation is 1. The highest BCUT2D eigenvalue weighted by molar-refractivity contribution is 9.10. The summed E-state index contributed by atoms with van der Waals surface area (Å²) in [4.78, 5) is 3.90. The highest BCUT2D eigenvalue weighted by atomic mass is 79.9. The van der Waals surface area contributed by atoms with Crippen molar-refractivity contribution in [1.82, 2.24) is 9.55 Å². The van der Waals surface area contributed by atoms with Gasteiger partial charge in [-0.2, -0.15) is 8.78 Å². The molecule has 6 heteroatoms. The van der Waals surface area contributed by atoms with Gasteiger partial charge >= 0.3 is 6.55 Å². The number of imidazole rings is 1. The third-order valence-corrected chi connectivity index (χ3v) is 3.46. The zero-order valence-electron chi connectivity index (χ0n) is 9.70. The molecule has 1 aromatic carbocycles. The van der Waals surface area contributed by atoms with Gasteiger partial charge in [0.25, 0.3) is 0 Å². The molecule has 0 saturated carbocycles. The van der Waals surface area contributed by atoms with E-state index in [-0.39, 0.29) is 6.54 Å². The van der Waals surface area contributed by atoms with Gasteiger partial charge in [-0.3, -0.25) is 4.57 Å². The fraction of sp³-hybridized carbons (Fsp3) is 0.250. The lowest BCUT2D eigenvalue weighted by molar-refractivity contribution is 0.0673. The topological polar surface area (TPSA) is 29.9 Å². The van der Waals surface area contributed by atoms with Crippen LogP contribution in [0.15, 0.2) is 35.1 Å². The van der Waals surface area contributed by atoms with E-state index >= 15 is 0 Å². The van der Waals surface area contributed by atoms with Gasteiger partial charge in [0.2, 0.25) is 0 Å². The first-order valence-electron chi connectivity index (χ1n) is 5.38. The van der Waals surface area contributed by atoms with Crippen molar-refractivity contribution in [2.24, 2.45) is 0 Å². The third kappa shape index (κ3) is 2.87. The summed E-state index contributed by atoms with van der Waals surface area (Å²) in [5, 5.41) is 3.07. The molecule has 3 nitrogen and oxygen atoms in total. The van der Waals surface area contributed by atoms with Crippen LogP contribution in [0.3, 0.4) is 0 Å². The van der Waals surface area contributed by atoms with Crippen molar-refractivity contribution in [3.8, 4) is 0 Å². The lowest BCUT2D eigenvalue weighted by atomic mass is 10.2. The summed E-state index contributed by atoms with van der Waals surface area (Å²) in [6.45, 7) is -0.329. The molecule has 0 amide bonds. The summed E-state index contributed by atoms with van der Waals surface area (Å²) in [5.74, 6) is 0.311. The van der Waals surface area contributed by atoms with Gasteiger partial charge in [0, 0.05) is 22.6 Å². The number of nitrogens with one attached hydrogen (secondary N) is 1. The molecule has 1 heterocycles. The molecule has 0 aliphatic carbocycles. The van der Waals surface area contributed by atoms with Crippen LogP contribution in [0.5, 0.6) is 0 Å². The Labute approximate surface area is 112 Å². The van der Waals surface area contributed by atoms with Crippen molar-refractivity contribution in [3.05, 3.63) is 46.5 Å². The highest BCUT2D eigenvalue weighted by Crippen LogP contribution is 2.20. The van der Waals surface area contributed by atoms with Gasteiger partial charge in [0.1, 0.15) is 5.82 Å². The SMILES string of the molecule is Cc1cc(NCc2nccn2C(F)F)ccc1Br. The molecule has 0 aliphatic heterocycles. The van der Waals surface area contributed by atoms with Crippen molar-refractivity contribution >= 4 is 21.6 Å². The Balaban J connectivity index is 2.07. The summed E-state index contributed by atoms with van der Waals surface area (Å²) in [5.41, 5.74) is 1.96. The molecule has 18 heavy (non-hydrogen) atoms. The predicted octanol–water partition coefficient (Wildman–Crippen LogP) is 3.96. The first kappa shape index (κ1) is 13.0. The summed E-state index contributed by atoms with van der Waals surface area (Å²) >= 11 is 3.41. The molecule has 0 radical (unpaired) electrons. The van der Waals surface area contributed by atoms with Crippen molar-refractivity contribution in [3.63, 3.8) is 0 Å². The van der Waals surface area contributed by atoms with Gasteiger partial charge < -0.3 is 5.32 Å². The van der Waals surface area contributed by atoms with Crippen LogP contribution >= 0.6 is 15.9 Å². The maximum atomic E-state index is 12.6. The van der Waals surface area contributed by atoms with Crippen LogP contribution in [0.2, 0.25) is 0 Å². The zero-order chi connectivity index (χ0) is 13.1. The number of rotatable bonds is 4. The van der Waals surface area contributed by atoms with E-state index < -0.39 is 6.55 Å². The molecule has 2 aromatic rings. The van der Waals surface area contributed by atoms with Gasteiger partial charge in [-0.15, -0.1) is 0 Å². The number of hydrogen-bond acceptors (Lipinski definition) is 2. The minimum absolute atomic E-state index is 0.262. The minimum Gasteiger partial charge on any atom is -0.378 e. The largest absolute Gasteiger partial charge is 0.378 e. The third-order valence-electron chi connectivity index (χ3n) is 2.57. The molecule has 0 fully saturated rings. The molecular formula is C12H12BrF2N3. The van der Waals surface area contributed by atoms with E-state index in [2.05, 4.69) is 26.2 Å². The number of halogens is 3. The molecular weight excluding hydrogens is 304 g/mol. The summed E-state index contributed by atoms with van der Waals surface area (Å²) in [6.07, 6.45) is 2.64. The summed E-state index contributed by atoms with van der Waals surface area (Å²) < 4.78 is 27.0. The van der Waals surface area contributed by atoms with Crippen LogP contribution in [0.1, 0.15) is 17.9 Å². The molecule has 1 N–H and O–H groups in total. The lowest BCUT2D eigenvalue weighted by Gasteiger charge is -2.09. The lowest BCUT2D eigenvalue weighted by Crippen LogP contribution is -2.09. The van der Waals surface area contributed by atoms with E-state index in [1.54, 1.807) is 0 Å². The average molecular weight is 316 g/mol. The van der Waals surface area contributed by atoms with E-state index in [0.717, 1.165) is 20.3 Å². The van der Waals surface area contributed by atoms with E-state index in [1.807, 2.05) is 25.1 Å². The van der Waals surface area contributed by atoms with E-state index in [4.69, 9.17) is 0 Å². The molecule has 96 valence electrons. The van der Waals surface area contributed by atoms with Crippen LogP contribution in [-0.2, 0) is 6.54 Å². The zero-order valence-corrected chi connectivity index (χ0v) is 11.3. The molecule has 0 bridgehead atoms. The molecule has 1 aromatic heterocycles. The Hall–Kier alpha value is -1.43. The maximum absolute atomic E-state index is 12.6. The predicted molar refractivity (Wildman–Crippen MR) is 69.7 cm³/mol. The van der Waals surface area contributed by atoms with Crippen LogP contribution in [-0.4, -0.2) is 9.55 Å². The van der Waals surface area contributed by atoms with Gasteiger partial charge in [0.15, 0.2) is 0 Å². The second-order valence-electron chi connectivity index (χ2n) is 3.85.